The van der Waals surface area contributed by atoms with Crippen molar-refractivity contribution in [3.05, 3.63) is 59.9 Å². The maximum absolute atomic E-state index is 13.6. The zero-order valence-electron chi connectivity index (χ0n) is 11.7. The fourth-order valence-electron chi connectivity index (χ4n) is 1.80. The first-order valence-corrected chi connectivity index (χ1v) is 7.97. The van der Waals surface area contributed by atoms with E-state index in [1.807, 2.05) is 0 Å². The van der Waals surface area contributed by atoms with Crippen LogP contribution in [0.1, 0.15) is 17.3 Å². The Labute approximate surface area is 127 Å². The summed E-state index contributed by atoms with van der Waals surface area (Å²) >= 11 is 0. The molecule has 2 aromatic rings. The molecule has 0 aliphatic carbocycles. The van der Waals surface area contributed by atoms with Crippen LogP contribution in [0.25, 0.3) is 0 Å². The Kier molecular flexibility index (Phi) is 4.77. The van der Waals surface area contributed by atoms with Gasteiger partial charge in [-0.1, -0.05) is 18.2 Å². The second-order valence-corrected chi connectivity index (χ2v) is 5.99. The molecule has 0 unspecified atom stereocenters. The zero-order valence-corrected chi connectivity index (χ0v) is 12.6. The number of sulfonamides is 1. The third-order valence-electron chi connectivity index (χ3n) is 2.75. The number of carbonyl (C=O) groups is 1. The molecule has 0 radical (unpaired) electrons. The lowest BCUT2D eigenvalue weighted by Crippen LogP contribution is -2.15. The molecule has 1 N–H and O–H groups in total. The van der Waals surface area contributed by atoms with Crippen molar-refractivity contribution >= 4 is 21.7 Å². The summed E-state index contributed by atoms with van der Waals surface area (Å²) in [6, 6.07) is 10.8. The van der Waals surface area contributed by atoms with Crippen molar-refractivity contribution in [2.24, 2.45) is 0 Å². The summed E-state index contributed by atoms with van der Waals surface area (Å²) < 4.78 is 45.0. The first-order valence-electron chi connectivity index (χ1n) is 6.48. The molecule has 0 aromatic heterocycles. The van der Waals surface area contributed by atoms with Crippen LogP contribution in [0.15, 0.2) is 53.4 Å². The minimum Gasteiger partial charge on any atom is -0.462 e. The average Bonchev–Trinajstić information content (AvgIpc) is 2.47. The number of hydrogen-bond acceptors (Lipinski definition) is 4. The van der Waals surface area contributed by atoms with Crippen molar-refractivity contribution < 1.29 is 22.3 Å². The minimum atomic E-state index is -4.08. The molecule has 7 heteroatoms. The highest BCUT2D eigenvalue weighted by atomic mass is 32.2. The summed E-state index contributed by atoms with van der Waals surface area (Å²) in [5.41, 5.74) is 0.351. The second kappa shape index (κ2) is 6.57. The van der Waals surface area contributed by atoms with Gasteiger partial charge in [0.15, 0.2) is 0 Å². The topological polar surface area (TPSA) is 72.5 Å². The van der Waals surface area contributed by atoms with E-state index in [4.69, 9.17) is 4.74 Å². The van der Waals surface area contributed by atoms with Gasteiger partial charge in [0, 0.05) is 5.69 Å². The largest absolute Gasteiger partial charge is 0.462 e. The van der Waals surface area contributed by atoms with Crippen molar-refractivity contribution in [3.8, 4) is 0 Å². The van der Waals surface area contributed by atoms with Crippen molar-refractivity contribution in [2.45, 2.75) is 11.8 Å². The maximum atomic E-state index is 13.6. The van der Waals surface area contributed by atoms with Crippen molar-refractivity contribution in [2.75, 3.05) is 11.3 Å². The number of esters is 1. The number of rotatable bonds is 5. The summed E-state index contributed by atoms with van der Waals surface area (Å²) in [6.45, 7) is 1.88. The molecule has 0 saturated carbocycles. The van der Waals surface area contributed by atoms with Crippen molar-refractivity contribution in [3.63, 3.8) is 0 Å². The van der Waals surface area contributed by atoms with Gasteiger partial charge in [-0.3, -0.25) is 4.72 Å². The Hall–Kier alpha value is -2.41. The van der Waals surface area contributed by atoms with Gasteiger partial charge in [-0.25, -0.2) is 17.6 Å². The standard InChI is InChI=1S/C15H14FNO4S/c1-2-21-15(18)11-6-5-7-12(10-11)17-22(19,20)14-9-4-3-8-13(14)16/h3-10,17H,2H2,1H3. The van der Waals surface area contributed by atoms with Gasteiger partial charge in [0.1, 0.15) is 10.7 Å². The van der Waals surface area contributed by atoms with E-state index in [0.29, 0.717) is 0 Å². The molecule has 22 heavy (non-hydrogen) atoms. The number of benzene rings is 2. The fourth-order valence-corrected chi connectivity index (χ4v) is 2.93. The molecule has 0 atom stereocenters. The first kappa shape index (κ1) is 16.0. The molecule has 0 heterocycles. The van der Waals surface area contributed by atoms with Gasteiger partial charge in [0.05, 0.1) is 12.2 Å². The lowest BCUT2D eigenvalue weighted by Gasteiger charge is -2.10. The van der Waals surface area contributed by atoms with Gasteiger partial charge in [-0.2, -0.15) is 0 Å². The van der Waals surface area contributed by atoms with Crippen LogP contribution < -0.4 is 4.72 Å². The molecule has 0 saturated heterocycles. The average molecular weight is 323 g/mol. The Bertz CT molecular complexity index is 790. The minimum absolute atomic E-state index is 0.147. The Balaban J connectivity index is 2.29. The van der Waals surface area contributed by atoms with E-state index in [2.05, 4.69) is 4.72 Å². The molecule has 0 aliphatic rings. The molecule has 0 fully saturated rings. The Morgan fingerprint density at radius 2 is 1.91 bits per heavy atom. The lowest BCUT2D eigenvalue weighted by molar-refractivity contribution is 0.0526. The Morgan fingerprint density at radius 1 is 1.18 bits per heavy atom. The highest BCUT2D eigenvalue weighted by molar-refractivity contribution is 7.92. The van der Waals surface area contributed by atoms with Crippen LogP contribution in [0.2, 0.25) is 0 Å². The molecule has 5 nitrogen and oxygen atoms in total. The third-order valence-corrected chi connectivity index (χ3v) is 4.17. The fraction of sp³-hybridized carbons (Fsp3) is 0.133. The Morgan fingerprint density at radius 3 is 2.59 bits per heavy atom. The predicted octanol–water partition coefficient (Wildman–Crippen LogP) is 2.80. The smallest absolute Gasteiger partial charge is 0.338 e. The van der Waals surface area contributed by atoms with Gasteiger partial charge in [0.25, 0.3) is 10.0 Å². The maximum Gasteiger partial charge on any atom is 0.338 e. The van der Waals surface area contributed by atoms with E-state index in [0.717, 1.165) is 12.1 Å². The summed E-state index contributed by atoms with van der Waals surface area (Å²) in [4.78, 5) is 11.2. The van der Waals surface area contributed by atoms with Crippen LogP contribution in [-0.4, -0.2) is 21.0 Å². The van der Waals surface area contributed by atoms with Gasteiger partial charge in [-0.05, 0) is 37.3 Å². The lowest BCUT2D eigenvalue weighted by atomic mass is 10.2. The molecule has 0 amide bonds. The van der Waals surface area contributed by atoms with Gasteiger partial charge in [-0.15, -0.1) is 0 Å². The summed E-state index contributed by atoms with van der Waals surface area (Å²) in [5, 5.41) is 0. The molecule has 116 valence electrons. The van der Waals surface area contributed by atoms with E-state index in [9.17, 15) is 17.6 Å². The van der Waals surface area contributed by atoms with Gasteiger partial charge >= 0.3 is 5.97 Å². The molecular weight excluding hydrogens is 309 g/mol. The first-order chi connectivity index (χ1) is 10.4. The summed E-state index contributed by atoms with van der Waals surface area (Å²) in [5.74, 6) is -1.41. The predicted molar refractivity (Wildman–Crippen MR) is 79.6 cm³/mol. The molecule has 0 bridgehead atoms. The molecule has 0 spiro atoms. The highest BCUT2D eigenvalue weighted by Crippen LogP contribution is 2.19. The number of halogens is 1. The number of hydrogen-bond donors (Lipinski definition) is 1. The molecular formula is C15H14FNO4S. The van der Waals surface area contributed by atoms with E-state index < -0.39 is 26.7 Å². The number of carbonyl (C=O) groups excluding carboxylic acids is 1. The molecule has 0 aliphatic heterocycles. The number of anilines is 1. The van der Waals surface area contributed by atoms with E-state index in [-0.39, 0.29) is 17.9 Å². The van der Waals surface area contributed by atoms with Crippen LogP contribution in [-0.2, 0) is 14.8 Å². The molecule has 2 rings (SSSR count). The highest BCUT2D eigenvalue weighted by Gasteiger charge is 2.19. The van der Waals surface area contributed by atoms with Crippen LogP contribution in [0.5, 0.6) is 0 Å². The number of nitrogens with one attached hydrogen (secondary N) is 1. The van der Waals surface area contributed by atoms with Crippen LogP contribution in [0.4, 0.5) is 10.1 Å². The van der Waals surface area contributed by atoms with Crippen LogP contribution >= 0.6 is 0 Å². The van der Waals surface area contributed by atoms with Crippen LogP contribution in [0.3, 0.4) is 0 Å². The van der Waals surface area contributed by atoms with Gasteiger partial charge in [0.2, 0.25) is 0 Å². The van der Waals surface area contributed by atoms with Crippen molar-refractivity contribution in [1.29, 1.82) is 0 Å². The summed E-state index contributed by atoms with van der Waals surface area (Å²) in [6.07, 6.45) is 0. The number of ether oxygens (including phenoxy) is 1. The molecule has 2 aromatic carbocycles. The third kappa shape index (κ3) is 3.62. The summed E-state index contributed by atoms with van der Waals surface area (Å²) in [7, 11) is -4.08. The van der Waals surface area contributed by atoms with Crippen LogP contribution in [0, 0.1) is 5.82 Å². The van der Waals surface area contributed by atoms with Gasteiger partial charge < -0.3 is 4.74 Å². The monoisotopic (exact) mass is 323 g/mol. The van der Waals surface area contributed by atoms with E-state index in [1.165, 1.54) is 36.4 Å². The quantitative estimate of drug-likeness (QED) is 0.859. The van der Waals surface area contributed by atoms with E-state index in [1.54, 1.807) is 6.92 Å². The SMILES string of the molecule is CCOC(=O)c1cccc(NS(=O)(=O)c2ccccc2F)c1. The van der Waals surface area contributed by atoms with Crippen molar-refractivity contribution in [1.82, 2.24) is 0 Å². The zero-order chi connectivity index (χ0) is 16.2. The normalized spacial score (nSPS) is 11.0. The van der Waals surface area contributed by atoms with E-state index >= 15 is 0 Å². The second-order valence-electron chi connectivity index (χ2n) is 4.34.